The molecule has 1 aliphatic carbocycles. The van der Waals surface area contributed by atoms with Gasteiger partial charge in [-0.1, -0.05) is 12.8 Å². The van der Waals surface area contributed by atoms with E-state index < -0.39 is 59.8 Å². The fourth-order valence-corrected chi connectivity index (χ4v) is 4.92. The largest absolute Gasteiger partial charge is 0.516 e. The summed E-state index contributed by atoms with van der Waals surface area (Å²) in [6.07, 6.45) is -0.486. The molecular weight excluding hydrogens is 418 g/mol. The number of halogens is 6. The Morgan fingerprint density at radius 2 is 1.23 bits per heavy atom. The van der Waals surface area contributed by atoms with Gasteiger partial charge in [-0.15, -0.1) is 0 Å². The molecule has 2 atom stereocenters. The maximum atomic E-state index is 12.9. The minimum atomic E-state index is -6.20. The summed E-state index contributed by atoms with van der Waals surface area (Å²) in [6, 6.07) is -3.69. The molecule has 1 aliphatic rings. The van der Waals surface area contributed by atoms with Crippen LogP contribution in [0, 0.1) is 0 Å². The van der Waals surface area contributed by atoms with Gasteiger partial charge >= 0.3 is 31.1 Å². The lowest BCUT2D eigenvalue weighted by Crippen LogP contribution is -2.59. The van der Waals surface area contributed by atoms with Crippen LogP contribution in [0.25, 0.3) is 0 Å². The number of carbonyl (C=O) groups is 1. The number of likely N-dealkylation sites (N-methyl/N-ethyl adjacent to an activating group) is 1. The third kappa shape index (κ3) is 4.08. The zero-order valence-electron chi connectivity index (χ0n) is 13.5. The molecule has 0 N–H and O–H groups in total. The van der Waals surface area contributed by atoms with Gasteiger partial charge in [-0.25, -0.2) is 12.7 Å². The van der Waals surface area contributed by atoms with Crippen molar-refractivity contribution in [3.8, 4) is 0 Å². The Morgan fingerprint density at radius 3 is 1.58 bits per heavy atom. The molecule has 0 aromatic carbocycles. The Morgan fingerprint density at radius 1 is 0.846 bits per heavy atom. The van der Waals surface area contributed by atoms with Crippen LogP contribution in [0.5, 0.6) is 0 Å². The molecule has 2 unspecified atom stereocenters. The molecule has 154 valence electrons. The van der Waals surface area contributed by atoms with Crippen LogP contribution in [-0.4, -0.2) is 61.5 Å². The van der Waals surface area contributed by atoms with Crippen LogP contribution >= 0.6 is 0 Å². The Balaban J connectivity index is 3.44. The second kappa shape index (κ2) is 7.14. The van der Waals surface area contributed by atoms with Crippen molar-refractivity contribution < 1.29 is 48.0 Å². The van der Waals surface area contributed by atoms with Crippen LogP contribution < -0.4 is 0 Å². The lowest BCUT2D eigenvalue weighted by molar-refractivity contribution is -0.128. The van der Waals surface area contributed by atoms with Crippen molar-refractivity contribution in [2.75, 3.05) is 7.05 Å². The van der Waals surface area contributed by atoms with Crippen molar-refractivity contribution in [2.24, 2.45) is 0 Å². The first kappa shape index (κ1) is 23.0. The average Bonchev–Trinajstić information content (AvgIpc) is 2.44. The SMILES string of the molecule is CC(=O)N(C1CCCCC1N(C)S(=O)(=O)C(F)(F)F)S(=O)(=O)C(F)(F)F. The number of carbonyl (C=O) groups excluding carboxylic acids is 1. The van der Waals surface area contributed by atoms with Crippen molar-refractivity contribution in [2.45, 2.75) is 55.7 Å². The topological polar surface area (TPSA) is 91.8 Å². The Labute approximate surface area is 146 Å². The van der Waals surface area contributed by atoms with Crippen LogP contribution in [0.3, 0.4) is 0 Å². The molecule has 15 heteroatoms. The van der Waals surface area contributed by atoms with E-state index in [9.17, 15) is 48.0 Å². The van der Waals surface area contributed by atoms with Crippen LogP contribution in [-0.2, 0) is 24.8 Å². The molecular formula is C11H16F6N2O5S2. The molecule has 1 rings (SSSR count). The smallest absolute Gasteiger partial charge is 0.274 e. The molecule has 0 spiro atoms. The minimum Gasteiger partial charge on any atom is -0.274 e. The zero-order chi connectivity index (χ0) is 20.7. The van der Waals surface area contributed by atoms with Gasteiger partial charge in [0, 0.05) is 20.0 Å². The lowest BCUT2D eigenvalue weighted by atomic mass is 9.90. The second-order valence-electron chi connectivity index (χ2n) is 5.65. The summed E-state index contributed by atoms with van der Waals surface area (Å²) in [7, 11) is -11.6. The van der Waals surface area contributed by atoms with E-state index in [4.69, 9.17) is 0 Å². The summed E-state index contributed by atoms with van der Waals surface area (Å²) < 4.78 is 123. The van der Waals surface area contributed by atoms with Crippen molar-refractivity contribution in [3.63, 3.8) is 0 Å². The summed E-state index contributed by atoms with van der Waals surface area (Å²) in [6.45, 7) is 0.507. The Bertz CT molecular complexity index is 746. The van der Waals surface area contributed by atoms with Gasteiger partial charge in [0.25, 0.3) is 0 Å². The van der Waals surface area contributed by atoms with Crippen molar-refractivity contribution >= 4 is 26.0 Å². The van der Waals surface area contributed by atoms with Gasteiger partial charge < -0.3 is 0 Å². The summed E-state index contributed by atoms with van der Waals surface area (Å²) in [5, 5.41) is 0. The molecule has 0 aromatic heterocycles. The molecule has 1 saturated carbocycles. The third-order valence-electron chi connectivity index (χ3n) is 4.00. The van der Waals surface area contributed by atoms with Crippen molar-refractivity contribution in [1.82, 2.24) is 8.61 Å². The summed E-state index contributed by atoms with van der Waals surface area (Å²) in [4.78, 5) is 11.6. The van der Waals surface area contributed by atoms with E-state index in [-0.39, 0.29) is 23.6 Å². The first-order chi connectivity index (χ1) is 11.5. The van der Waals surface area contributed by atoms with Crippen molar-refractivity contribution in [3.05, 3.63) is 0 Å². The quantitative estimate of drug-likeness (QED) is 0.629. The lowest BCUT2D eigenvalue weighted by Gasteiger charge is -2.42. The highest BCUT2D eigenvalue weighted by Gasteiger charge is 2.57. The van der Waals surface area contributed by atoms with Gasteiger partial charge in [-0.3, -0.25) is 4.79 Å². The predicted molar refractivity (Wildman–Crippen MR) is 76.3 cm³/mol. The highest BCUT2D eigenvalue weighted by Crippen LogP contribution is 2.37. The predicted octanol–water partition coefficient (Wildman–Crippen LogP) is 1.78. The maximum absolute atomic E-state index is 12.9. The minimum absolute atomic E-state index is 0.109. The van der Waals surface area contributed by atoms with Crippen LogP contribution in [0.2, 0.25) is 0 Å². The van der Waals surface area contributed by atoms with Gasteiger partial charge in [-0.2, -0.15) is 39.1 Å². The molecule has 0 aliphatic heterocycles. The fraction of sp³-hybridized carbons (Fsp3) is 0.909. The van der Waals surface area contributed by atoms with Gasteiger partial charge in [0.15, 0.2) is 0 Å². The van der Waals surface area contributed by atoms with Gasteiger partial charge in [0.2, 0.25) is 5.91 Å². The molecule has 7 nitrogen and oxygen atoms in total. The maximum Gasteiger partial charge on any atom is 0.516 e. The average molecular weight is 434 g/mol. The van der Waals surface area contributed by atoms with E-state index >= 15 is 0 Å². The van der Waals surface area contributed by atoms with Crippen LogP contribution in [0.15, 0.2) is 0 Å². The molecule has 26 heavy (non-hydrogen) atoms. The van der Waals surface area contributed by atoms with E-state index in [1.54, 1.807) is 0 Å². The van der Waals surface area contributed by atoms with Crippen LogP contribution in [0.1, 0.15) is 32.6 Å². The highest BCUT2D eigenvalue weighted by molar-refractivity contribution is 7.90. The number of nitrogens with zero attached hydrogens (tertiary/aromatic N) is 2. The van der Waals surface area contributed by atoms with E-state index in [0.717, 1.165) is 0 Å². The molecule has 0 heterocycles. The third-order valence-corrected chi connectivity index (χ3v) is 7.24. The fourth-order valence-electron chi connectivity index (χ4n) is 2.82. The number of rotatable bonds is 4. The van der Waals surface area contributed by atoms with Crippen molar-refractivity contribution in [1.29, 1.82) is 0 Å². The monoisotopic (exact) mass is 434 g/mol. The molecule has 0 aromatic rings. The standard InChI is InChI=1S/C11H16F6N2O5S2/c1-7(20)19(26(23,24)11(15,16)17)9-6-4-3-5-8(9)18(2)25(21,22)10(12,13)14/h8-9H,3-6H2,1-2H3. The zero-order valence-corrected chi connectivity index (χ0v) is 15.1. The number of sulfonamides is 2. The van der Waals surface area contributed by atoms with E-state index in [2.05, 4.69) is 0 Å². The Kier molecular flexibility index (Phi) is 6.31. The van der Waals surface area contributed by atoms with Gasteiger partial charge in [0.1, 0.15) is 0 Å². The summed E-state index contributed by atoms with van der Waals surface area (Å²) >= 11 is 0. The number of hydrogen-bond acceptors (Lipinski definition) is 5. The molecule has 1 fully saturated rings. The molecule has 0 bridgehead atoms. The number of amides is 1. The second-order valence-corrected chi connectivity index (χ2v) is 9.45. The van der Waals surface area contributed by atoms with E-state index in [0.29, 0.717) is 14.0 Å². The normalized spacial score (nSPS) is 23.1. The van der Waals surface area contributed by atoms with Gasteiger partial charge in [-0.05, 0) is 12.8 Å². The first-order valence-corrected chi connectivity index (χ1v) is 10.00. The number of alkyl halides is 6. The summed E-state index contributed by atoms with van der Waals surface area (Å²) in [5.41, 5.74) is -11.6. The van der Waals surface area contributed by atoms with E-state index in [1.807, 2.05) is 0 Å². The molecule has 0 radical (unpaired) electrons. The van der Waals surface area contributed by atoms with E-state index in [1.165, 1.54) is 0 Å². The van der Waals surface area contributed by atoms with Gasteiger partial charge in [0.05, 0.1) is 6.04 Å². The number of hydrogen-bond donors (Lipinski definition) is 0. The Hall–Kier alpha value is -1.09. The highest BCUT2D eigenvalue weighted by atomic mass is 32.2. The first-order valence-electron chi connectivity index (χ1n) is 7.12. The summed E-state index contributed by atoms with van der Waals surface area (Å²) in [5.74, 6) is -1.57. The van der Waals surface area contributed by atoms with Crippen LogP contribution in [0.4, 0.5) is 26.3 Å². The molecule has 1 amide bonds. The molecule has 0 saturated heterocycles.